The Morgan fingerprint density at radius 3 is 2.83 bits per heavy atom. The van der Waals surface area contributed by atoms with Crippen molar-refractivity contribution in [3.63, 3.8) is 0 Å². The van der Waals surface area contributed by atoms with Crippen LogP contribution in [0.3, 0.4) is 0 Å². The number of aryl methyl sites for hydroxylation is 1. The number of aromatic nitrogens is 2. The van der Waals surface area contributed by atoms with Gasteiger partial charge in [0, 0.05) is 23.4 Å². The summed E-state index contributed by atoms with van der Waals surface area (Å²) in [6.07, 6.45) is 2.05. The van der Waals surface area contributed by atoms with Gasteiger partial charge in [0.05, 0.1) is 28.1 Å². The van der Waals surface area contributed by atoms with E-state index in [-0.39, 0.29) is 18.3 Å². The van der Waals surface area contributed by atoms with E-state index in [1.165, 1.54) is 18.3 Å². The Morgan fingerprint density at radius 2 is 2.10 bits per heavy atom. The quantitative estimate of drug-likeness (QED) is 0.468. The highest BCUT2D eigenvalue weighted by Gasteiger charge is 2.29. The number of fused-ring (bicyclic) bond motifs is 1. The first-order valence-corrected chi connectivity index (χ1v) is 10.0. The number of carbonyl (C=O) groups is 3. The predicted octanol–water partition coefficient (Wildman–Crippen LogP) is 3.15. The van der Waals surface area contributed by atoms with E-state index in [9.17, 15) is 14.4 Å². The van der Waals surface area contributed by atoms with Gasteiger partial charge in [-0.05, 0) is 38.0 Å². The zero-order valence-corrected chi connectivity index (χ0v) is 16.8. The number of nitrogens with one attached hydrogen (secondary N) is 1. The van der Waals surface area contributed by atoms with E-state index in [0.29, 0.717) is 39.7 Å². The van der Waals surface area contributed by atoms with Crippen molar-refractivity contribution in [3.8, 4) is 0 Å². The maximum Gasteiger partial charge on any atom is 0.339 e. The van der Waals surface area contributed by atoms with Gasteiger partial charge in [-0.2, -0.15) is 0 Å². The number of carbonyl (C=O) groups excluding carboxylic acids is 3. The summed E-state index contributed by atoms with van der Waals surface area (Å²) in [5.74, 6) is -0.717. The van der Waals surface area contributed by atoms with Crippen LogP contribution in [0, 0.1) is 6.92 Å². The maximum atomic E-state index is 12.7. The molecule has 4 rings (SSSR count). The van der Waals surface area contributed by atoms with Crippen molar-refractivity contribution in [3.05, 3.63) is 44.9 Å². The number of ether oxygens (including phenoxy) is 1. The Labute approximate surface area is 170 Å². The van der Waals surface area contributed by atoms with Crippen LogP contribution in [0.5, 0.6) is 0 Å². The summed E-state index contributed by atoms with van der Waals surface area (Å²) in [6.45, 7) is 3.15. The number of Topliss-reactive ketones (excluding diaryl/α,β-unsaturated/α-hetero) is 1. The van der Waals surface area contributed by atoms with E-state index in [0.717, 1.165) is 23.4 Å². The van der Waals surface area contributed by atoms with Crippen LogP contribution in [-0.2, 0) is 16.1 Å². The van der Waals surface area contributed by atoms with Crippen LogP contribution in [0.2, 0.25) is 0 Å². The lowest BCUT2D eigenvalue weighted by molar-refractivity contribution is -0.119. The minimum Gasteiger partial charge on any atom is -0.454 e. The largest absolute Gasteiger partial charge is 0.454 e. The van der Waals surface area contributed by atoms with Gasteiger partial charge in [0.15, 0.2) is 6.61 Å². The Balaban J connectivity index is 1.46. The predicted molar refractivity (Wildman–Crippen MR) is 105 cm³/mol. The second-order valence-electron chi connectivity index (χ2n) is 6.99. The Bertz CT molecular complexity index is 1110. The standard InChI is InChI=1S/C20H19N3O5S/c1-10-18-14(7-15(12-3-4-12)22-19(18)28-23-10)20(26)27-9-16(25)17-6-5-13(29-17)8-21-11(2)24/h5-7,12H,3-4,8-9H2,1-2H3,(H,21,24). The maximum absolute atomic E-state index is 12.7. The second-order valence-corrected chi connectivity index (χ2v) is 8.16. The topological polar surface area (TPSA) is 111 Å². The van der Waals surface area contributed by atoms with E-state index in [4.69, 9.17) is 9.26 Å². The first kappa shape index (κ1) is 19.3. The zero-order chi connectivity index (χ0) is 20.5. The van der Waals surface area contributed by atoms with Crippen LogP contribution in [0.1, 0.15) is 62.0 Å². The normalized spacial score (nSPS) is 13.4. The van der Waals surface area contributed by atoms with E-state index in [2.05, 4.69) is 15.5 Å². The smallest absolute Gasteiger partial charge is 0.339 e. The summed E-state index contributed by atoms with van der Waals surface area (Å²) in [5, 5.41) is 7.09. The number of nitrogens with zero attached hydrogens (tertiary/aromatic N) is 2. The number of rotatable bonds is 7. The van der Waals surface area contributed by atoms with Crippen LogP contribution in [-0.4, -0.2) is 34.4 Å². The molecule has 0 aromatic carbocycles. The number of ketones is 1. The zero-order valence-electron chi connectivity index (χ0n) is 16.0. The molecule has 1 saturated carbocycles. The third-order valence-corrected chi connectivity index (χ3v) is 5.76. The monoisotopic (exact) mass is 413 g/mol. The lowest BCUT2D eigenvalue weighted by Gasteiger charge is -2.06. The number of thiophene rings is 1. The molecule has 1 amide bonds. The molecule has 1 aliphatic carbocycles. The molecule has 1 aliphatic rings. The first-order chi connectivity index (χ1) is 13.9. The molecule has 3 aromatic heterocycles. The van der Waals surface area contributed by atoms with E-state index < -0.39 is 5.97 Å². The van der Waals surface area contributed by atoms with Crippen molar-refractivity contribution in [1.29, 1.82) is 0 Å². The fourth-order valence-corrected chi connectivity index (χ4v) is 3.85. The number of esters is 1. The number of amides is 1. The van der Waals surface area contributed by atoms with Crippen molar-refractivity contribution < 1.29 is 23.6 Å². The van der Waals surface area contributed by atoms with E-state index in [1.807, 2.05) is 0 Å². The fourth-order valence-electron chi connectivity index (χ4n) is 2.98. The number of pyridine rings is 1. The summed E-state index contributed by atoms with van der Waals surface area (Å²) < 4.78 is 10.5. The van der Waals surface area contributed by atoms with Gasteiger partial charge in [-0.15, -0.1) is 11.3 Å². The molecule has 0 saturated heterocycles. The summed E-state index contributed by atoms with van der Waals surface area (Å²) in [7, 11) is 0. The molecule has 0 radical (unpaired) electrons. The molecule has 3 aromatic rings. The van der Waals surface area contributed by atoms with Crippen LogP contribution >= 0.6 is 11.3 Å². The lowest BCUT2D eigenvalue weighted by Crippen LogP contribution is -2.18. The van der Waals surface area contributed by atoms with Crippen LogP contribution < -0.4 is 5.32 Å². The summed E-state index contributed by atoms with van der Waals surface area (Å²) >= 11 is 1.26. The average molecular weight is 413 g/mol. The highest BCUT2D eigenvalue weighted by atomic mass is 32.1. The number of hydrogen-bond donors (Lipinski definition) is 1. The molecule has 1 N–H and O–H groups in total. The third-order valence-electron chi connectivity index (χ3n) is 4.63. The van der Waals surface area contributed by atoms with Gasteiger partial charge in [-0.1, -0.05) is 5.16 Å². The van der Waals surface area contributed by atoms with E-state index in [1.54, 1.807) is 25.1 Å². The molecule has 0 aliphatic heterocycles. The van der Waals surface area contributed by atoms with Crippen LogP contribution in [0.25, 0.3) is 11.1 Å². The van der Waals surface area contributed by atoms with Gasteiger partial charge in [0.2, 0.25) is 11.7 Å². The second kappa shape index (κ2) is 7.75. The van der Waals surface area contributed by atoms with Gasteiger partial charge >= 0.3 is 5.97 Å². The molecule has 29 heavy (non-hydrogen) atoms. The number of hydrogen-bond acceptors (Lipinski definition) is 8. The minimum atomic E-state index is -0.603. The molecule has 0 spiro atoms. The molecule has 0 bridgehead atoms. The Hall–Kier alpha value is -3.07. The highest BCUT2D eigenvalue weighted by molar-refractivity contribution is 7.14. The molecule has 8 nitrogen and oxygen atoms in total. The highest BCUT2D eigenvalue weighted by Crippen LogP contribution is 2.40. The van der Waals surface area contributed by atoms with Crippen molar-refractivity contribution in [2.24, 2.45) is 0 Å². The van der Waals surface area contributed by atoms with E-state index >= 15 is 0 Å². The van der Waals surface area contributed by atoms with Crippen molar-refractivity contribution in [2.45, 2.75) is 39.2 Å². The molecular weight excluding hydrogens is 394 g/mol. The molecule has 1 fully saturated rings. The molecule has 0 unspecified atom stereocenters. The van der Waals surface area contributed by atoms with Crippen LogP contribution in [0.15, 0.2) is 22.7 Å². The Kier molecular flexibility index (Phi) is 5.14. The van der Waals surface area contributed by atoms with Gasteiger partial charge in [-0.3, -0.25) is 9.59 Å². The van der Waals surface area contributed by atoms with Gasteiger partial charge in [-0.25, -0.2) is 9.78 Å². The van der Waals surface area contributed by atoms with Crippen LogP contribution in [0.4, 0.5) is 0 Å². The SMILES string of the molecule is CC(=O)NCc1ccc(C(=O)COC(=O)c2cc(C3CC3)nc3onc(C)c23)s1. The Morgan fingerprint density at radius 1 is 1.31 bits per heavy atom. The fraction of sp³-hybridized carbons (Fsp3) is 0.350. The molecule has 150 valence electrons. The average Bonchev–Trinajstić information content (AvgIpc) is 3.33. The van der Waals surface area contributed by atoms with Crippen molar-refractivity contribution in [2.75, 3.05) is 6.61 Å². The lowest BCUT2D eigenvalue weighted by atomic mass is 10.1. The molecular formula is C20H19N3O5S. The van der Waals surface area contributed by atoms with Crippen molar-refractivity contribution in [1.82, 2.24) is 15.5 Å². The summed E-state index contributed by atoms with van der Waals surface area (Å²) in [6, 6.07) is 5.15. The summed E-state index contributed by atoms with van der Waals surface area (Å²) in [5.41, 5.74) is 1.97. The van der Waals surface area contributed by atoms with Gasteiger partial charge < -0.3 is 14.6 Å². The minimum absolute atomic E-state index is 0.140. The molecule has 3 heterocycles. The third kappa shape index (κ3) is 4.19. The molecule has 9 heteroatoms. The van der Waals surface area contributed by atoms with Gasteiger partial charge in [0.1, 0.15) is 0 Å². The molecule has 0 atom stereocenters. The van der Waals surface area contributed by atoms with Gasteiger partial charge in [0.25, 0.3) is 5.71 Å². The summed E-state index contributed by atoms with van der Waals surface area (Å²) in [4.78, 5) is 41.9. The first-order valence-electron chi connectivity index (χ1n) is 9.22. The van der Waals surface area contributed by atoms with Crippen molar-refractivity contribution >= 4 is 40.1 Å².